The fourth-order valence-corrected chi connectivity index (χ4v) is 2.50. The molecule has 17 heavy (non-hydrogen) atoms. The SMILES string of the molecule is COc1c(F)cc2c(c1C1CCNC1)OCO2. The van der Waals surface area contributed by atoms with E-state index in [1.165, 1.54) is 13.2 Å². The summed E-state index contributed by atoms with van der Waals surface area (Å²) in [6.07, 6.45) is 0.954. The molecule has 1 fully saturated rings. The van der Waals surface area contributed by atoms with Crippen LogP contribution in [0, 0.1) is 5.82 Å². The van der Waals surface area contributed by atoms with Gasteiger partial charge in [0.25, 0.3) is 0 Å². The lowest BCUT2D eigenvalue weighted by atomic mass is 9.95. The highest BCUT2D eigenvalue weighted by Gasteiger charge is 2.31. The van der Waals surface area contributed by atoms with E-state index in [0.29, 0.717) is 11.5 Å². The number of halogens is 1. The predicted molar refractivity (Wildman–Crippen MR) is 59.3 cm³/mol. The van der Waals surface area contributed by atoms with Crippen molar-refractivity contribution in [2.75, 3.05) is 27.0 Å². The molecule has 2 aliphatic rings. The van der Waals surface area contributed by atoms with E-state index in [2.05, 4.69) is 5.32 Å². The number of hydrogen-bond donors (Lipinski definition) is 1. The van der Waals surface area contributed by atoms with Crippen LogP contribution in [0.3, 0.4) is 0 Å². The summed E-state index contributed by atoms with van der Waals surface area (Å²) in [5.41, 5.74) is 0.796. The van der Waals surface area contributed by atoms with E-state index in [1.54, 1.807) is 0 Å². The second kappa shape index (κ2) is 4.07. The molecule has 1 saturated heterocycles. The molecule has 3 rings (SSSR count). The van der Waals surface area contributed by atoms with Gasteiger partial charge < -0.3 is 19.5 Å². The van der Waals surface area contributed by atoms with Crippen molar-refractivity contribution in [1.82, 2.24) is 5.32 Å². The van der Waals surface area contributed by atoms with Crippen LogP contribution >= 0.6 is 0 Å². The van der Waals surface area contributed by atoms with Gasteiger partial charge in [-0.05, 0) is 13.0 Å². The van der Waals surface area contributed by atoms with Crippen molar-refractivity contribution in [3.63, 3.8) is 0 Å². The zero-order chi connectivity index (χ0) is 11.8. The monoisotopic (exact) mass is 239 g/mol. The van der Waals surface area contributed by atoms with Crippen molar-refractivity contribution >= 4 is 0 Å². The maximum atomic E-state index is 13.9. The number of benzene rings is 1. The molecular formula is C12H14FNO3. The van der Waals surface area contributed by atoms with E-state index in [1.807, 2.05) is 0 Å². The Morgan fingerprint density at radius 1 is 1.47 bits per heavy atom. The highest BCUT2D eigenvalue weighted by atomic mass is 19.1. The Morgan fingerprint density at radius 3 is 3.06 bits per heavy atom. The third-order valence-corrected chi connectivity index (χ3v) is 3.28. The Bertz CT molecular complexity index is 440. The van der Waals surface area contributed by atoms with E-state index in [4.69, 9.17) is 14.2 Å². The smallest absolute Gasteiger partial charge is 0.231 e. The van der Waals surface area contributed by atoms with E-state index in [-0.39, 0.29) is 18.5 Å². The first-order chi connectivity index (χ1) is 8.31. The zero-order valence-corrected chi connectivity index (χ0v) is 9.59. The third kappa shape index (κ3) is 1.61. The van der Waals surface area contributed by atoms with Gasteiger partial charge in [-0.15, -0.1) is 0 Å². The second-order valence-electron chi connectivity index (χ2n) is 4.23. The summed E-state index contributed by atoms with van der Waals surface area (Å²) in [6, 6.07) is 1.33. The Labute approximate surface area is 98.7 Å². The molecule has 0 aliphatic carbocycles. The molecule has 1 aromatic carbocycles. The Hall–Kier alpha value is -1.49. The first-order valence-electron chi connectivity index (χ1n) is 5.68. The van der Waals surface area contributed by atoms with E-state index in [9.17, 15) is 4.39 Å². The lowest BCUT2D eigenvalue weighted by molar-refractivity contribution is 0.172. The molecule has 4 nitrogen and oxygen atoms in total. The van der Waals surface area contributed by atoms with Gasteiger partial charge in [0.1, 0.15) is 0 Å². The zero-order valence-electron chi connectivity index (χ0n) is 9.59. The number of nitrogens with one attached hydrogen (secondary N) is 1. The maximum absolute atomic E-state index is 13.9. The van der Waals surface area contributed by atoms with Crippen LogP contribution in [-0.4, -0.2) is 27.0 Å². The molecule has 92 valence electrons. The number of ether oxygens (including phenoxy) is 3. The Kier molecular flexibility index (Phi) is 2.55. The highest BCUT2D eigenvalue weighted by Crippen LogP contribution is 2.47. The molecule has 0 radical (unpaired) electrons. The van der Waals surface area contributed by atoms with Crippen LogP contribution in [-0.2, 0) is 0 Å². The number of rotatable bonds is 2. The molecule has 0 saturated carbocycles. The lowest BCUT2D eigenvalue weighted by Crippen LogP contribution is -2.10. The lowest BCUT2D eigenvalue weighted by Gasteiger charge is -2.16. The van der Waals surface area contributed by atoms with Crippen LogP contribution in [0.25, 0.3) is 0 Å². The van der Waals surface area contributed by atoms with Crippen molar-refractivity contribution in [2.24, 2.45) is 0 Å². The largest absolute Gasteiger partial charge is 0.493 e. The molecule has 1 unspecified atom stereocenters. The molecule has 2 heterocycles. The molecule has 1 N–H and O–H groups in total. The second-order valence-corrected chi connectivity index (χ2v) is 4.23. The van der Waals surface area contributed by atoms with Crippen molar-refractivity contribution in [3.8, 4) is 17.2 Å². The summed E-state index contributed by atoms with van der Waals surface area (Å²) in [5, 5.41) is 3.26. The van der Waals surface area contributed by atoms with Crippen LogP contribution < -0.4 is 19.5 Å². The minimum atomic E-state index is -0.390. The third-order valence-electron chi connectivity index (χ3n) is 3.28. The van der Waals surface area contributed by atoms with Gasteiger partial charge in [0, 0.05) is 24.1 Å². The van der Waals surface area contributed by atoms with Gasteiger partial charge >= 0.3 is 0 Å². The maximum Gasteiger partial charge on any atom is 0.231 e. The Balaban J connectivity index is 2.15. The summed E-state index contributed by atoms with van der Waals surface area (Å²) in [5.74, 6) is 1.22. The summed E-state index contributed by atoms with van der Waals surface area (Å²) >= 11 is 0. The highest BCUT2D eigenvalue weighted by molar-refractivity contribution is 5.57. The van der Waals surface area contributed by atoms with Gasteiger partial charge in [0.2, 0.25) is 6.79 Å². The molecule has 1 aromatic rings. The van der Waals surface area contributed by atoms with Crippen molar-refractivity contribution < 1.29 is 18.6 Å². The van der Waals surface area contributed by atoms with E-state index in [0.717, 1.165) is 25.1 Å². The molecule has 0 aromatic heterocycles. The summed E-state index contributed by atoms with van der Waals surface area (Å²) in [7, 11) is 1.48. The van der Waals surface area contributed by atoms with Crippen LogP contribution in [0.5, 0.6) is 17.2 Å². The molecule has 0 bridgehead atoms. The first-order valence-corrected chi connectivity index (χ1v) is 5.68. The van der Waals surface area contributed by atoms with Gasteiger partial charge in [-0.2, -0.15) is 0 Å². The van der Waals surface area contributed by atoms with Crippen LogP contribution in [0.2, 0.25) is 0 Å². The van der Waals surface area contributed by atoms with Gasteiger partial charge in [-0.1, -0.05) is 0 Å². The fraction of sp³-hybridized carbons (Fsp3) is 0.500. The number of hydrogen-bond acceptors (Lipinski definition) is 4. The minimum Gasteiger partial charge on any atom is -0.493 e. The van der Waals surface area contributed by atoms with Gasteiger partial charge in [0.05, 0.1) is 7.11 Å². The van der Waals surface area contributed by atoms with Crippen LogP contribution in [0.15, 0.2) is 6.07 Å². The van der Waals surface area contributed by atoms with Crippen molar-refractivity contribution in [2.45, 2.75) is 12.3 Å². The molecule has 5 heteroatoms. The van der Waals surface area contributed by atoms with Crippen LogP contribution in [0.1, 0.15) is 17.9 Å². The molecular weight excluding hydrogens is 225 g/mol. The first kappa shape index (κ1) is 10.7. The summed E-state index contributed by atoms with van der Waals surface area (Å²) < 4.78 is 29.7. The predicted octanol–water partition coefficient (Wildman–Crippen LogP) is 1.64. The Morgan fingerprint density at radius 2 is 2.35 bits per heavy atom. The van der Waals surface area contributed by atoms with Gasteiger partial charge in [0.15, 0.2) is 23.1 Å². The fourth-order valence-electron chi connectivity index (χ4n) is 2.50. The average molecular weight is 239 g/mol. The molecule has 2 aliphatic heterocycles. The number of fused-ring (bicyclic) bond motifs is 1. The normalized spacial score (nSPS) is 21.9. The van der Waals surface area contributed by atoms with E-state index < -0.39 is 5.82 Å². The van der Waals surface area contributed by atoms with Gasteiger partial charge in [-0.25, -0.2) is 4.39 Å². The van der Waals surface area contributed by atoms with Crippen LogP contribution in [0.4, 0.5) is 4.39 Å². The summed E-state index contributed by atoms with van der Waals surface area (Å²) in [6.45, 7) is 1.89. The molecule has 0 amide bonds. The topological polar surface area (TPSA) is 39.7 Å². The standard InChI is InChI=1S/C12H14FNO3/c1-15-11-8(13)4-9-12(17-6-16-9)10(11)7-2-3-14-5-7/h4,7,14H,2-3,5-6H2,1H3. The van der Waals surface area contributed by atoms with Crippen molar-refractivity contribution in [3.05, 3.63) is 17.4 Å². The average Bonchev–Trinajstić information content (AvgIpc) is 2.97. The quantitative estimate of drug-likeness (QED) is 0.851. The summed E-state index contributed by atoms with van der Waals surface area (Å²) in [4.78, 5) is 0. The number of methoxy groups -OCH3 is 1. The molecule has 1 atom stereocenters. The van der Waals surface area contributed by atoms with Gasteiger partial charge in [-0.3, -0.25) is 0 Å². The van der Waals surface area contributed by atoms with E-state index >= 15 is 0 Å². The minimum absolute atomic E-state index is 0.148. The van der Waals surface area contributed by atoms with Crippen molar-refractivity contribution in [1.29, 1.82) is 0 Å². The molecule has 0 spiro atoms.